The summed E-state index contributed by atoms with van der Waals surface area (Å²) in [6, 6.07) is -0.0988. The molecule has 3 amide bonds. The Morgan fingerprint density at radius 1 is 1.36 bits per heavy atom. The summed E-state index contributed by atoms with van der Waals surface area (Å²) in [5.41, 5.74) is -0.0310. The first-order valence-corrected chi connectivity index (χ1v) is 11.1. The van der Waals surface area contributed by atoms with Crippen LogP contribution in [-0.2, 0) is 11.3 Å². The number of aryl methyl sites for hydroxylation is 1. The van der Waals surface area contributed by atoms with Crippen LogP contribution >= 0.6 is 11.3 Å². The van der Waals surface area contributed by atoms with E-state index in [1.807, 2.05) is 33.1 Å². The quantitative estimate of drug-likeness (QED) is 0.386. The summed E-state index contributed by atoms with van der Waals surface area (Å²) in [4.78, 5) is 34.9. The van der Waals surface area contributed by atoms with Crippen LogP contribution in [0.2, 0.25) is 0 Å². The minimum absolute atomic E-state index is 0.0456. The summed E-state index contributed by atoms with van der Waals surface area (Å²) in [7, 11) is 0. The first-order chi connectivity index (χ1) is 13.1. The Bertz CT molecular complexity index is 690. The lowest BCUT2D eigenvalue weighted by atomic mass is 9.77. The Kier molecular flexibility index (Phi) is 7.45. The van der Waals surface area contributed by atoms with Crippen LogP contribution in [0.3, 0.4) is 0 Å². The van der Waals surface area contributed by atoms with Crippen molar-refractivity contribution in [1.82, 2.24) is 19.8 Å². The van der Waals surface area contributed by atoms with Gasteiger partial charge in [0.25, 0.3) is 5.91 Å². The highest BCUT2D eigenvalue weighted by molar-refractivity contribution is 7.09. The maximum absolute atomic E-state index is 13.5. The predicted molar refractivity (Wildman–Crippen MR) is 113 cm³/mol. The molecule has 2 rings (SSSR count). The van der Waals surface area contributed by atoms with Crippen LogP contribution in [0.25, 0.3) is 0 Å². The minimum atomic E-state index is -0.929. The van der Waals surface area contributed by atoms with Gasteiger partial charge in [-0.2, -0.15) is 0 Å². The molecule has 0 aromatic carbocycles. The maximum Gasteiger partial charge on any atom is 0.321 e. The molecule has 1 atom stereocenters. The van der Waals surface area contributed by atoms with Crippen LogP contribution in [0.4, 0.5) is 4.79 Å². The second-order valence-electron chi connectivity index (χ2n) is 8.39. The average molecular weight is 410 g/mol. The van der Waals surface area contributed by atoms with Gasteiger partial charge in [-0.05, 0) is 31.6 Å². The molecule has 0 saturated carbocycles. The Hall–Kier alpha value is -1.67. The summed E-state index contributed by atoms with van der Waals surface area (Å²) in [6.07, 6.45) is 1.37. The number of thiazole rings is 1. The average Bonchev–Trinajstić information content (AvgIpc) is 3.18. The summed E-state index contributed by atoms with van der Waals surface area (Å²) in [5.74, 6) is 6.18. The van der Waals surface area contributed by atoms with Crippen molar-refractivity contribution in [3.63, 3.8) is 0 Å². The van der Waals surface area contributed by atoms with Crippen molar-refractivity contribution in [2.24, 2.45) is 17.7 Å². The summed E-state index contributed by atoms with van der Waals surface area (Å²) >= 11 is 1.58. The van der Waals surface area contributed by atoms with Crippen LogP contribution < -0.4 is 5.84 Å². The van der Waals surface area contributed by atoms with Crippen molar-refractivity contribution < 1.29 is 9.59 Å². The van der Waals surface area contributed by atoms with Gasteiger partial charge in [0.05, 0.1) is 17.2 Å². The monoisotopic (exact) mass is 409 g/mol. The number of hydrazine groups is 1. The Morgan fingerprint density at radius 2 is 2.04 bits per heavy atom. The molecule has 1 fully saturated rings. The molecule has 0 radical (unpaired) electrons. The van der Waals surface area contributed by atoms with E-state index in [9.17, 15) is 9.59 Å². The molecule has 8 heteroatoms. The fourth-order valence-electron chi connectivity index (χ4n) is 4.10. The number of carbonyl (C=O) groups excluding carboxylic acids is 2. The molecule has 1 aliphatic rings. The molecule has 1 aromatic heterocycles. The van der Waals surface area contributed by atoms with Gasteiger partial charge in [-0.1, -0.05) is 34.6 Å². The van der Waals surface area contributed by atoms with Crippen LogP contribution in [0, 0.1) is 18.8 Å². The van der Waals surface area contributed by atoms with E-state index in [2.05, 4.69) is 18.8 Å². The van der Waals surface area contributed by atoms with Crippen molar-refractivity contribution in [2.45, 2.75) is 66.5 Å². The zero-order chi connectivity index (χ0) is 21.1. The number of nitrogens with zero attached hydrogens (tertiary/aromatic N) is 4. The van der Waals surface area contributed by atoms with Gasteiger partial charge in [-0.3, -0.25) is 9.80 Å². The molecule has 2 heterocycles. The number of nitrogens with two attached hydrogens (primary N) is 1. The van der Waals surface area contributed by atoms with Crippen molar-refractivity contribution in [1.29, 1.82) is 0 Å². The standard InChI is InChI=1S/C20H35N5O2S/c1-7-8-25(21)18(26)20(15(4)5,11-14(2)3)24-10-9-23(19(24)27)12-17-13-28-16(6)22-17/h13-15H,7-12,21H2,1-6H3. The predicted octanol–water partition coefficient (Wildman–Crippen LogP) is 3.24. The number of urea groups is 1. The molecule has 0 bridgehead atoms. The van der Waals surface area contributed by atoms with E-state index in [1.165, 1.54) is 5.01 Å². The first kappa shape index (κ1) is 22.6. The fourth-order valence-corrected chi connectivity index (χ4v) is 4.70. The summed E-state index contributed by atoms with van der Waals surface area (Å²) in [5, 5.41) is 4.29. The normalized spacial score (nSPS) is 17.0. The van der Waals surface area contributed by atoms with E-state index in [0.29, 0.717) is 32.6 Å². The SMILES string of the molecule is CCCN(N)C(=O)C(CC(C)C)(C(C)C)N1CCN(Cc2csc(C)n2)C1=O. The van der Waals surface area contributed by atoms with E-state index in [0.717, 1.165) is 17.1 Å². The lowest BCUT2D eigenvalue weighted by Crippen LogP contribution is -2.65. The maximum atomic E-state index is 13.5. The molecule has 1 aromatic rings. The summed E-state index contributed by atoms with van der Waals surface area (Å²) < 4.78 is 0. The van der Waals surface area contributed by atoms with E-state index < -0.39 is 5.54 Å². The number of hydrogen-bond acceptors (Lipinski definition) is 5. The van der Waals surface area contributed by atoms with Crippen LogP contribution in [0.15, 0.2) is 5.38 Å². The van der Waals surface area contributed by atoms with Gasteiger partial charge in [0, 0.05) is 25.0 Å². The molecule has 0 aliphatic carbocycles. The van der Waals surface area contributed by atoms with Gasteiger partial charge in [0.1, 0.15) is 5.54 Å². The number of aromatic nitrogens is 1. The number of carbonyl (C=O) groups is 2. The largest absolute Gasteiger partial charge is 0.321 e. The highest BCUT2D eigenvalue weighted by Gasteiger charge is 2.53. The highest BCUT2D eigenvalue weighted by atomic mass is 32.1. The van der Waals surface area contributed by atoms with Crippen molar-refractivity contribution in [2.75, 3.05) is 19.6 Å². The van der Waals surface area contributed by atoms with Crippen molar-refractivity contribution >= 4 is 23.3 Å². The molecular formula is C20H35N5O2S. The van der Waals surface area contributed by atoms with Gasteiger partial charge < -0.3 is 9.80 Å². The van der Waals surface area contributed by atoms with E-state index >= 15 is 0 Å². The van der Waals surface area contributed by atoms with Gasteiger partial charge >= 0.3 is 6.03 Å². The topological polar surface area (TPSA) is 82.8 Å². The van der Waals surface area contributed by atoms with E-state index in [4.69, 9.17) is 5.84 Å². The van der Waals surface area contributed by atoms with Crippen LogP contribution in [0.5, 0.6) is 0 Å². The Labute approximate surface area is 172 Å². The lowest BCUT2D eigenvalue weighted by molar-refractivity contribution is -0.147. The lowest BCUT2D eigenvalue weighted by Gasteiger charge is -2.46. The smallest absolute Gasteiger partial charge is 0.317 e. The number of hydrogen-bond donors (Lipinski definition) is 1. The molecule has 1 saturated heterocycles. The Balaban J connectivity index is 2.34. The molecule has 2 N–H and O–H groups in total. The molecule has 0 spiro atoms. The van der Waals surface area contributed by atoms with E-state index in [1.54, 1.807) is 21.1 Å². The van der Waals surface area contributed by atoms with Crippen molar-refractivity contribution in [3.05, 3.63) is 16.1 Å². The fraction of sp³-hybridized carbons (Fsp3) is 0.750. The number of rotatable bonds is 9. The summed E-state index contributed by atoms with van der Waals surface area (Å²) in [6.45, 7) is 14.2. The molecule has 1 aliphatic heterocycles. The molecular weight excluding hydrogens is 374 g/mol. The Morgan fingerprint density at radius 3 is 2.54 bits per heavy atom. The van der Waals surface area contributed by atoms with Gasteiger partial charge in [-0.25, -0.2) is 15.6 Å². The zero-order valence-corrected chi connectivity index (χ0v) is 18.9. The third-order valence-corrected chi connectivity index (χ3v) is 6.19. The van der Waals surface area contributed by atoms with Crippen LogP contribution in [-0.4, -0.2) is 56.9 Å². The van der Waals surface area contributed by atoms with Crippen molar-refractivity contribution in [3.8, 4) is 0 Å². The minimum Gasteiger partial charge on any atom is -0.317 e. The molecule has 158 valence electrons. The van der Waals surface area contributed by atoms with Gasteiger partial charge in [0.2, 0.25) is 0 Å². The number of amides is 3. The molecule has 28 heavy (non-hydrogen) atoms. The molecule has 7 nitrogen and oxygen atoms in total. The third-order valence-electron chi connectivity index (χ3n) is 5.37. The van der Waals surface area contributed by atoms with E-state index in [-0.39, 0.29) is 23.8 Å². The first-order valence-electron chi connectivity index (χ1n) is 10.2. The van der Waals surface area contributed by atoms with Crippen LogP contribution in [0.1, 0.15) is 58.2 Å². The second kappa shape index (κ2) is 9.22. The second-order valence-corrected chi connectivity index (χ2v) is 9.45. The zero-order valence-electron chi connectivity index (χ0n) is 18.1. The third kappa shape index (κ3) is 4.49. The van der Waals surface area contributed by atoms with Gasteiger partial charge in [-0.15, -0.1) is 11.3 Å². The van der Waals surface area contributed by atoms with Gasteiger partial charge in [0.15, 0.2) is 0 Å². The highest BCUT2D eigenvalue weighted by Crippen LogP contribution is 2.36. The molecule has 1 unspecified atom stereocenters.